The average molecular weight is 537 g/mol. The summed E-state index contributed by atoms with van der Waals surface area (Å²) in [6.07, 6.45) is 0.428. The molecule has 3 N–H and O–H groups in total. The number of methoxy groups -OCH3 is 1. The van der Waals surface area contributed by atoms with Crippen LogP contribution >= 0.6 is 0 Å². The van der Waals surface area contributed by atoms with Gasteiger partial charge in [0.25, 0.3) is 11.8 Å². The molecule has 4 aromatic carbocycles. The highest BCUT2D eigenvalue weighted by atomic mass is 19.1. The van der Waals surface area contributed by atoms with Gasteiger partial charge in [-0.05, 0) is 85.1 Å². The molecule has 0 aliphatic rings. The van der Waals surface area contributed by atoms with Crippen molar-refractivity contribution in [3.8, 4) is 17.1 Å². The summed E-state index contributed by atoms with van der Waals surface area (Å²) in [5.41, 5.74) is 9.60. The highest BCUT2D eigenvalue weighted by Gasteiger charge is 2.24. The number of carbonyl (C=O) groups excluding carboxylic acids is 2. The zero-order valence-electron chi connectivity index (χ0n) is 22.5. The van der Waals surface area contributed by atoms with Crippen LogP contribution in [0.4, 0.5) is 4.39 Å². The number of ether oxygens (including phenoxy) is 1. The standard InChI is InChI=1S/C33H29FN2O4/c1-33(2,24-7-5-4-6-8-24)36-32(38)22-12-16-27(39-3)23(19-22)17-20-9-15-28-26(18-20)29(31(35)37)30(40-28)21-10-13-25(34)14-11-21/h4-16,18-19H,17H2,1-3H3,(H2,35,37)(H,36,38). The number of amides is 2. The molecular weight excluding hydrogens is 507 g/mol. The van der Waals surface area contributed by atoms with Crippen LogP contribution in [0, 0.1) is 5.82 Å². The number of nitrogens with two attached hydrogens (primary N) is 1. The molecule has 0 aliphatic heterocycles. The highest BCUT2D eigenvalue weighted by Crippen LogP contribution is 2.35. The predicted molar refractivity (Wildman–Crippen MR) is 153 cm³/mol. The third kappa shape index (κ3) is 5.31. The lowest BCUT2D eigenvalue weighted by atomic mass is 9.93. The van der Waals surface area contributed by atoms with Gasteiger partial charge in [0.2, 0.25) is 0 Å². The van der Waals surface area contributed by atoms with E-state index in [0.29, 0.717) is 34.3 Å². The van der Waals surface area contributed by atoms with Crippen LogP contribution in [-0.2, 0) is 12.0 Å². The molecule has 0 aliphatic carbocycles. The molecule has 5 rings (SSSR count). The second-order valence-corrected chi connectivity index (χ2v) is 10.2. The fourth-order valence-corrected chi connectivity index (χ4v) is 4.86. The van der Waals surface area contributed by atoms with Gasteiger partial charge in [-0.25, -0.2) is 4.39 Å². The fraction of sp³-hybridized carbons (Fsp3) is 0.152. The van der Waals surface area contributed by atoms with Gasteiger partial charge in [-0.15, -0.1) is 0 Å². The van der Waals surface area contributed by atoms with E-state index < -0.39 is 17.3 Å². The van der Waals surface area contributed by atoms with Crippen LogP contribution in [0.25, 0.3) is 22.3 Å². The van der Waals surface area contributed by atoms with E-state index in [9.17, 15) is 14.0 Å². The van der Waals surface area contributed by atoms with E-state index in [4.69, 9.17) is 14.9 Å². The van der Waals surface area contributed by atoms with Gasteiger partial charge in [-0.2, -0.15) is 0 Å². The fourth-order valence-electron chi connectivity index (χ4n) is 4.86. The van der Waals surface area contributed by atoms with E-state index in [1.807, 2.05) is 62.4 Å². The number of nitrogens with one attached hydrogen (secondary N) is 1. The lowest BCUT2D eigenvalue weighted by molar-refractivity contribution is 0.0911. The summed E-state index contributed by atoms with van der Waals surface area (Å²) in [6.45, 7) is 3.92. The van der Waals surface area contributed by atoms with Gasteiger partial charge in [-0.1, -0.05) is 36.4 Å². The van der Waals surface area contributed by atoms with Gasteiger partial charge in [0.1, 0.15) is 22.9 Å². The number of furan rings is 1. The molecule has 2 amide bonds. The molecule has 1 heterocycles. The van der Waals surface area contributed by atoms with Crippen LogP contribution in [0.5, 0.6) is 5.75 Å². The van der Waals surface area contributed by atoms with Crippen molar-refractivity contribution in [3.05, 3.63) is 125 Å². The summed E-state index contributed by atoms with van der Waals surface area (Å²) in [4.78, 5) is 25.7. The Bertz CT molecular complexity index is 1710. The maximum Gasteiger partial charge on any atom is 0.253 e. The SMILES string of the molecule is COc1ccc(C(=O)NC(C)(C)c2ccccc2)cc1Cc1ccc2oc(-c3ccc(F)cc3)c(C(N)=O)c2c1. The third-order valence-electron chi connectivity index (χ3n) is 6.96. The molecule has 202 valence electrons. The molecule has 0 spiro atoms. The Labute approximate surface area is 231 Å². The van der Waals surface area contributed by atoms with Crippen molar-refractivity contribution < 1.29 is 23.1 Å². The minimum Gasteiger partial charge on any atom is -0.496 e. The topological polar surface area (TPSA) is 94.6 Å². The first kappa shape index (κ1) is 26.7. The second-order valence-electron chi connectivity index (χ2n) is 10.2. The van der Waals surface area contributed by atoms with Crippen LogP contribution in [0.3, 0.4) is 0 Å². The summed E-state index contributed by atoms with van der Waals surface area (Å²) < 4.78 is 25.0. The number of hydrogen-bond donors (Lipinski definition) is 2. The van der Waals surface area contributed by atoms with E-state index in [1.54, 1.807) is 37.4 Å². The van der Waals surface area contributed by atoms with Crippen LogP contribution in [-0.4, -0.2) is 18.9 Å². The molecule has 40 heavy (non-hydrogen) atoms. The second kappa shape index (κ2) is 10.7. The number of hydrogen-bond acceptors (Lipinski definition) is 4. The summed E-state index contributed by atoms with van der Waals surface area (Å²) in [5, 5.41) is 3.67. The summed E-state index contributed by atoms with van der Waals surface area (Å²) in [5.74, 6) is -0.322. The predicted octanol–water partition coefficient (Wildman–Crippen LogP) is 6.60. The lowest BCUT2D eigenvalue weighted by Crippen LogP contribution is -2.41. The van der Waals surface area contributed by atoms with Crippen molar-refractivity contribution in [1.29, 1.82) is 0 Å². The molecular formula is C33H29FN2O4. The van der Waals surface area contributed by atoms with Gasteiger partial charge in [0, 0.05) is 22.9 Å². The van der Waals surface area contributed by atoms with Crippen molar-refractivity contribution in [2.24, 2.45) is 5.73 Å². The van der Waals surface area contributed by atoms with Crippen molar-refractivity contribution in [2.75, 3.05) is 7.11 Å². The molecule has 0 saturated carbocycles. The van der Waals surface area contributed by atoms with E-state index in [-0.39, 0.29) is 17.2 Å². The van der Waals surface area contributed by atoms with Crippen LogP contribution in [0.2, 0.25) is 0 Å². The van der Waals surface area contributed by atoms with Crippen LogP contribution in [0.1, 0.15) is 51.3 Å². The first-order valence-electron chi connectivity index (χ1n) is 12.8. The zero-order chi connectivity index (χ0) is 28.4. The Morgan fingerprint density at radius 1 is 0.950 bits per heavy atom. The van der Waals surface area contributed by atoms with E-state index >= 15 is 0 Å². The summed E-state index contributed by atoms with van der Waals surface area (Å²) in [7, 11) is 1.58. The number of fused-ring (bicyclic) bond motifs is 1. The van der Waals surface area contributed by atoms with Crippen LogP contribution in [0.15, 0.2) is 95.4 Å². The van der Waals surface area contributed by atoms with E-state index in [2.05, 4.69) is 5.32 Å². The van der Waals surface area contributed by atoms with E-state index in [0.717, 1.165) is 16.7 Å². The van der Waals surface area contributed by atoms with Gasteiger partial charge >= 0.3 is 0 Å². The number of halogens is 1. The maximum atomic E-state index is 13.5. The number of benzene rings is 4. The molecule has 0 atom stereocenters. The average Bonchev–Trinajstić information content (AvgIpc) is 3.33. The van der Waals surface area contributed by atoms with Gasteiger partial charge in [0.05, 0.1) is 18.2 Å². The van der Waals surface area contributed by atoms with Crippen molar-refractivity contribution in [1.82, 2.24) is 5.32 Å². The minimum atomic E-state index is -0.646. The smallest absolute Gasteiger partial charge is 0.253 e. The first-order valence-corrected chi connectivity index (χ1v) is 12.8. The van der Waals surface area contributed by atoms with Gasteiger partial charge in [-0.3, -0.25) is 9.59 Å². The molecule has 0 saturated heterocycles. The first-order chi connectivity index (χ1) is 19.2. The van der Waals surface area contributed by atoms with Gasteiger partial charge < -0.3 is 20.2 Å². The molecule has 6 nitrogen and oxygen atoms in total. The van der Waals surface area contributed by atoms with Gasteiger partial charge in [0.15, 0.2) is 0 Å². The summed E-state index contributed by atoms with van der Waals surface area (Å²) in [6, 6.07) is 26.3. The largest absolute Gasteiger partial charge is 0.496 e. The molecule has 7 heteroatoms. The normalized spacial score (nSPS) is 11.4. The lowest BCUT2D eigenvalue weighted by Gasteiger charge is -2.27. The molecule has 1 aromatic heterocycles. The Morgan fingerprint density at radius 3 is 2.35 bits per heavy atom. The highest BCUT2D eigenvalue weighted by molar-refractivity contribution is 6.10. The number of rotatable bonds is 8. The molecule has 0 radical (unpaired) electrons. The Kier molecular flexibility index (Phi) is 7.13. The summed E-state index contributed by atoms with van der Waals surface area (Å²) >= 11 is 0. The monoisotopic (exact) mass is 536 g/mol. The van der Waals surface area contributed by atoms with Crippen molar-refractivity contribution >= 4 is 22.8 Å². The Morgan fingerprint density at radius 2 is 1.68 bits per heavy atom. The van der Waals surface area contributed by atoms with E-state index in [1.165, 1.54) is 12.1 Å². The quantitative estimate of drug-likeness (QED) is 0.234. The zero-order valence-corrected chi connectivity index (χ0v) is 22.5. The molecule has 0 bridgehead atoms. The number of carbonyl (C=O) groups is 2. The number of primary amides is 1. The molecule has 0 unspecified atom stereocenters. The Balaban J connectivity index is 1.47. The molecule has 5 aromatic rings. The van der Waals surface area contributed by atoms with Crippen LogP contribution < -0.4 is 15.8 Å². The molecule has 0 fully saturated rings. The Hall–Kier alpha value is -4.91. The maximum absolute atomic E-state index is 13.5. The van der Waals surface area contributed by atoms with Crippen molar-refractivity contribution in [2.45, 2.75) is 25.8 Å². The minimum absolute atomic E-state index is 0.206. The third-order valence-corrected chi connectivity index (χ3v) is 6.96. The van der Waals surface area contributed by atoms with Crippen molar-refractivity contribution in [3.63, 3.8) is 0 Å².